The molecule has 1 aromatic carbocycles. The van der Waals surface area contributed by atoms with Gasteiger partial charge >= 0.3 is 29.6 Å². The summed E-state index contributed by atoms with van der Waals surface area (Å²) in [6.45, 7) is 0. The maximum absolute atomic E-state index is 10.6. The summed E-state index contributed by atoms with van der Waals surface area (Å²) in [5.74, 6) is -0.575. The Morgan fingerprint density at radius 3 is 2.80 bits per heavy atom. The van der Waals surface area contributed by atoms with E-state index in [0.717, 1.165) is 10.9 Å². The predicted molar refractivity (Wildman–Crippen MR) is 49.2 cm³/mol. The fourth-order valence-corrected chi connectivity index (χ4v) is 1.42. The minimum atomic E-state index is -1.22. The number of benzene rings is 1. The zero-order valence-corrected chi connectivity index (χ0v) is 10.5. The summed E-state index contributed by atoms with van der Waals surface area (Å²) in [7, 11) is 1.54. The molecule has 2 rings (SSSR count). The Bertz CT molecular complexity index is 492. The average molecular weight is 213 g/mol. The molecule has 0 aliphatic carbocycles. The van der Waals surface area contributed by atoms with Crippen LogP contribution in [0.25, 0.3) is 10.9 Å². The second kappa shape index (κ2) is 4.70. The van der Waals surface area contributed by atoms with Crippen molar-refractivity contribution in [1.29, 1.82) is 0 Å². The molecule has 4 nitrogen and oxygen atoms in total. The first kappa shape index (κ1) is 12.1. The van der Waals surface area contributed by atoms with E-state index in [2.05, 4.69) is 4.98 Å². The van der Waals surface area contributed by atoms with E-state index in [1.807, 2.05) is 0 Å². The number of carboxylic acid groups (broad SMARTS) is 1. The summed E-state index contributed by atoms with van der Waals surface area (Å²) in [6, 6.07) is 6.85. The van der Waals surface area contributed by atoms with Crippen LogP contribution < -0.4 is 39.4 Å². The van der Waals surface area contributed by atoms with Crippen LogP contribution >= 0.6 is 0 Å². The quantitative estimate of drug-likeness (QED) is 0.563. The second-order valence-electron chi connectivity index (χ2n) is 2.89. The number of methoxy groups -OCH3 is 1. The minimum Gasteiger partial charge on any atom is -0.543 e. The Labute approximate surface area is 109 Å². The Kier molecular flexibility index (Phi) is 3.79. The number of hydrogen-bond donors (Lipinski definition) is 1. The SMILES string of the molecule is COc1cccc2[nH]c(C(=O)[O-])cc12.[Na+]. The van der Waals surface area contributed by atoms with Crippen molar-refractivity contribution in [3.8, 4) is 5.75 Å². The molecule has 15 heavy (non-hydrogen) atoms. The van der Waals surface area contributed by atoms with Gasteiger partial charge in [0.15, 0.2) is 0 Å². The number of aromatic nitrogens is 1. The van der Waals surface area contributed by atoms with Crippen LogP contribution in [-0.2, 0) is 0 Å². The molecule has 0 radical (unpaired) electrons. The summed E-state index contributed by atoms with van der Waals surface area (Å²) >= 11 is 0. The molecule has 0 bridgehead atoms. The number of H-pyrrole nitrogens is 1. The summed E-state index contributed by atoms with van der Waals surface area (Å²) < 4.78 is 5.09. The molecule has 0 aliphatic rings. The summed E-state index contributed by atoms with van der Waals surface area (Å²) in [4.78, 5) is 13.3. The summed E-state index contributed by atoms with van der Waals surface area (Å²) in [6.07, 6.45) is 0. The van der Waals surface area contributed by atoms with Gasteiger partial charge in [0.05, 0.1) is 18.8 Å². The Hall–Kier alpha value is -0.970. The molecule has 1 heterocycles. The molecule has 5 heteroatoms. The van der Waals surface area contributed by atoms with Crippen LogP contribution in [0.2, 0.25) is 0 Å². The molecule has 1 N–H and O–H groups in total. The molecular formula is C10H8NNaO3. The number of carboxylic acids is 1. The van der Waals surface area contributed by atoms with E-state index in [-0.39, 0.29) is 35.3 Å². The molecule has 0 aliphatic heterocycles. The molecular weight excluding hydrogens is 205 g/mol. The molecule has 72 valence electrons. The van der Waals surface area contributed by atoms with Gasteiger partial charge in [0.2, 0.25) is 0 Å². The number of nitrogens with one attached hydrogen (secondary N) is 1. The largest absolute Gasteiger partial charge is 1.00 e. The summed E-state index contributed by atoms with van der Waals surface area (Å²) in [5, 5.41) is 11.3. The molecule has 0 atom stereocenters. The third-order valence-corrected chi connectivity index (χ3v) is 2.06. The Morgan fingerprint density at radius 2 is 2.20 bits per heavy atom. The van der Waals surface area contributed by atoms with Crippen LogP contribution in [0.1, 0.15) is 10.5 Å². The third kappa shape index (κ3) is 2.17. The van der Waals surface area contributed by atoms with Gasteiger partial charge in [0.25, 0.3) is 0 Å². The van der Waals surface area contributed by atoms with Crippen molar-refractivity contribution in [2.75, 3.05) is 7.11 Å². The minimum absolute atomic E-state index is 0. The number of aromatic amines is 1. The first-order valence-electron chi connectivity index (χ1n) is 4.09. The van der Waals surface area contributed by atoms with Crippen LogP contribution in [0.4, 0.5) is 0 Å². The number of carbonyl (C=O) groups is 1. The summed E-state index contributed by atoms with van der Waals surface area (Å²) in [5.41, 5.74) is 0.785. The van der Waals surface area contributed by atoms with Crippen molar-refractivity contribution >= 4 is 16.9 Å². The van der Waals surface area contributed by atoms with Gasteiger partial charge in [0.1, 0.15) is 5.75 Å². The van der Waals surface area contributed by atoms with Crippen LogP contribution in [0, 0.1) is 0 Å². The fourth-order valence-electron chi connectivity index (χ4n) is 1.42. The predicted octanol–water partition coefficient (Wildman–Crippen LogP) is -2.46. The second-order valence-corrected chi connectivity index (χ2v) is 2.89. The third-order valence-electron chi connectivity index (χ3n) is 2.06. The average Bonchev–Trinajstić information content (AvgIpc) is 2.60. The van der Waals surface area contributed by atoms with Crippen LogP contribution in [-0.4, -0.2) is 18.1 Å². The zero-order valence-electron chi connectivity index (χ0n) is 8.53. The number of fused-ring (bicyclic) bond motifs is 1. The topological polar surface area (TPSA) is 65.2 Å². The first-order chi connectivity index (χ1) is 6.72. The van der Waals surface area contributed by atoms with E-state index < -0.39 is 5.97 Å². The van der Waals surface area contributed by atoms with Crippen molar-refractivity contribution in [3.05, 3.63) is 30.0 Å². The van der Waals surface area contributed by atoms with E-state index in [1.54, 1.807) is 25.3 Å². The van der Waals surface area contributed by atoms with Gasteiger partial charge in [-0.2, -0.15) is 0 Å². The normalized spacial score (nSPS) is 9.67. The van der Waals surface area contributed by atoms with Gasteiger partial charge in [-0.1, -0.05) is 6.07 Å². The molecule has 0 spiro atoms. The molecule has 2 aromatic rings. The molecule has 0 saturated carbocycles. The molecule has 0 unspecified atom stereocenters. The van der Waals surface area contributed by atoms with Crippen molar-refractivity contribution in [3.63, 3.8) is 0 Å². The van der Waals surface area contributed by atoms with Crippen LogP contribution in [0.3, 0.4) is 0 Å². The number of ether oxygens (including phenoxy) is 1. The molecule has 0 amide bonds. The van der Waals surface area contributed by atoms with Gasteiger partial charge in [-0.15, -0.1) is 0 Å². The van der Waals surface area contributed by atoms with Gasteiger partial charge in [-0.25, -0.2) is 0 Å². The van der Waals surface area contributed by atoms with Gasteiger partial charge < -0.3 is 19.6 Å². The van der Waals surface area contributed by atoms with Crippen molar-refractivity contribution in [2.24, 2.45) is 0 Å². The Morgan fingerprint density at radius 1 is 1.47 bits per heavy atom. The van der Waals surface area contributed by atoms with E-state index in [4.69, 9.17) is 4.74 Å². The molecule has 0 saturated heterocycles. The van der Waals surface area contributed by atoms with E-state index in [1.165, 1.54) is 6.07 Å². The number of carbonyl (C=O) groups excluding carboxylic acids is 1. The molecule has 0 fully saturated rings. The fraction of sp³-hybridized carbons (Fsp3) is 0.100. The Balaban J connectivity index is 0.00000112. The standard InChI is InChI=1S/C10H9NO3.Na/c1-14-9-4-2-3-7-6(9)5-8(11-7)10(12)13;/h2-5,11H,1H3,(H,12,13);/q;+1/p-1. The van der Waals surface area contributed by atoms with E-state index in [9.17, 15) is 9.90 Å². The number of aromatic carboxylic acids is 1. The number of hydrogen-bond acceptors (Lipinski definition) is 3. The van der Waals surface area contributed by atoms with Crippen molar-refractivity contribution < 1.29 is 44.2 Å². The van der Waals surface area contributed by atoms with E-state index >= 15 is 0 Å². The van der Waals surface area contributed by atoms with Gasteiger partial charge in [-0.05, 0) is 18.2 Å². The van der Waals surface area contributed by atoms with Crippen LogP contribution in [0.15, 0.2) is 24.3 Å². The van der Waals surface area contributed by atoms with Crippen molar-refractivity contribution in [2.45, 2.75) is 0 Å². The molecule has 1 aromatic heterocycles. The first-order valence-corrected chi connectivity index (χ1v) is 4.09. The monoisotopic (exact) mass is 213 g/mol. The van der Waals surface area contributed by atoms with E-state index in [0.29, 0.717) is 5.75 Å². The number of rotatable bonds is 2. The van der Waals surface area contributed by atoms with Crippen molar-refractivity contribution in [1.82, 2.24) is 4.98 Å². The van der Waals surface area contributed by atoms with Crippen LogP contribution in [0.5, 0.6) is 5.75 Å². The van der Waals surface area contributed by atoms with Gasteiger partial charge in [-0.3, -0.25) is 0 Å². The maximum atomic E-state index is 10.6. The maximum Gasteiger partial charge on any atom is 1.00 e. The van der Waals surface area contributed by atoms with Gasteiger partial charge in [0, 0.05) is 10.9 Å². The smallest absolute Gasteiger partial charge is 0.543 e. The zero-order chi connectivity index (χ0) is 10.1.